The van der Waals surface area contributed by atoms with Gasteiger partial charge in [-0.15, -0.1) is 5.10 Å². The van der Waals surface area contributed by atoms with Gasteiger partial charge in [0.05, 0.1) is 6.20 Å². The lowest BCUT2D eigenvalue weighted by Gasteiger charge is -2.05. The van der Waals surface area contributed by atoms with Crippen molar-refractivity contribution >= 4 is 5.82 Å². The van der Waals surface area contributed by atoms with Gasteiger partial charge < -0.3 is 5.32 Å². The summed E-state index contributed by atoms with van der Waals surface area (Å²) in [4.78, 5) is 0. The molecule has 1 aromatic carbocycles. The molecule has 0 radical (unpaired) electrons. The first-order chi connectivity index (χ1) is 7.45. The highest BCUT2D eigenvalue weighted by atomic mass is 15.2. The molecule has 3 nitrogen and oxygen atoms in total. The van der Waals surface area contributed by atoms with E-state index in [-0.39, 0.29) is 0 Å². The second kappa shape index (κ2) is 3.35. The maximum absolute atomic E-state index is 4.08. The predicted octanol–water partition coefficient (Wildman–Crippen LogP) is 2.11. The van der Waals surface area contributed by atoms with E-state index in [2.05, 4.69) is 27.6 Å². The van der Waals surface area contributed by atoms with Crippen LogP contribution < -0.4 is 5.32 Å². The fourth-order valence-electron chi connectivity index (χ4n) is 1.98. The summed E-state index contributed by atoms with van der Waals surface area (Å²) in [6.45, 7) is 0.966. The molecule has 0 amide bonds. The van der Waals surface area contributed by atoms with Gasteiger partial charge in [0.2, 0.25) is 0 Å². The van der Waals surface area contributed by atoms with E-state index in [9.17, 15) is 0 Å². The molecule has 0 atom stereocenters. The van der Waals surface area contributed by atoms with Crippen molar-refractivity contribution in [3.8, 4) is 11.1 Å². The van der Waals surface area contributed by atoms with Gasteiger partial charge in [-0.25, -0.2) is 0 Å². The quantitative estimate of drug-likeness (QED) is 0.760. The Morgan fingerprint density at radius 1 is 1.13 bits per heavy atom. The molecular formula is C12H11N3. The van der Waals surface area contributed by atoms with E-state index in [1.54, 1.807) is 0 Å². The zero-order chi connectivity index (χ0) is 10.1. The van der Waals surface area contributed by atoms with E-state index >= 15 is 0 Å². The van der Waals surface area contributed by atoms with Crippen molar-refractivity contribution in [1.82, 2.24) is 10.2 Å². The highest BCUT2D eigenvalue weighted by molar-refractivity contribution is 5.72. The Bertz CT molecular complexity index is 479. The third kappa shape index (κ3) is 1.36. The molecular weight excluding hydrogens is 186 g/mol. The average Bonchev–Trinajstić information content (AvgIpc) is 2.78. The first kappa shape index (κ1) is 8.41. The Kier molecular flexibility index (Phi) is 1.88. The number of benzene rings is 1. The predicted molar refractivity (Wildman–Crippen MR) is 59.7 cm³/mol. The highest BCUT2D eigenvalue weighted by Crippen LogP contribution is 2.29. The number of hydrogen-bond donors (Lipinski definition) is 1. The van der Waals surface area contributed by atoms with Crippen LogP contribution in [-0.2, 0) is 6.42 Å². The molecule has 0 spiro atoms. The standard InChI is InChI=1S/C12H11N3/c1-2-4-9(5-3-1)11-8-14-15-12-10(11)6-7-13-12/h1-5,8H,6-7H2,(H,13,15). The Balaban J connectivity index is 2.17. The van der Waals surface area contributed by atoms with Crippen LogP contribution in [-0.4, -0.2) is 16.7 Å². The van der Waals surface area contributed by atoms with Crippen molar-refractivity contribution in [2.24, 2.45) is 0 Å². The number of aromatic nitrogens is 2. The van der Waals surface area contributed by atoms with Gasteiger partial charge in [0.15, 0.2) is 5.82 Å². The SMILES string of the molecule is c1ccc(-c2cnnc3c2CCN3)cc1. The maximum atomic E-state index is 4.08. The minimum atomic E-state index is 0.941. The van der Waals surface area contributed by atoms with Crippen molar-refractivity contribution < 1.29 is 0 Å². The number of fused-ring (bicyclic) bond motifs is 1. The van der Waals surface area contributed by atoms with Crippen molar-refractivity contribution in [2.75, 3.05) is 11.9 Å². The molecule has 1 aliphatic heterocycles. The van der Waals surface area contributed by atoms with E-state index in [1.165, 1.54) is 16.7 Å². The number of nitrogens with one attached hydrogen (secondary N) is 1. The number of rotatable bonds is 1. The number of anilines is 1. The van der Waals surface area contributed by atoms with Crippen LogP contribution in [0.25, 0.3) is 11.1 Å². The smallest absolute Gasteiger partial charge is 0.152 e. The fourth-order valence-corrected chi connectivity index (χ4v) is 1.98. The molecule has 2 heterocycles. The third-order valence-corrected chi connectivity index (χ3v) is 2.71. The normalized spacial score (nSPS) is 13.3. The van der Waals surface area contributed by atoms with Crippen LogP contribution in [0.3, 0.4) is 0 Å². The van der Waals surface area contributed by atoms with E-state index in [0.717, 1.165) is 18.8 Å². The van der Waals surface area contributed by atoms with Crippen LogP contribution in [0.5, 0.6) is 0 Å². The molecule has 0 saturated heterocycles. The first-order valence-corrected chi connectivity index (χ1v) is 5.09. The van der Waals surface area contributed by atoms with Gasteiger partial charge in [-0.05, 0) is 12.0 Å². The average molecular weight is 197 g/mol. The summed E-state index contributed by atoms with van der Waals surface area (Å²) < 4.78 is 0. The fraction of sp³-hybridized carbons (Fsp3) is 0.167. The molecule has 74 valence electrons. The van der Waals surface area contributed by atoms with Gasteiger partial charge in [-0.3, -0.25) is 0 Å². The van der Waals surface area contributed by atoms with Crippen LogP contribution in [0, 0.1) is 0 Å². The van der Waals surface area contributed by atoms with Crippen LogP contribution in [0.2, 0.25) is 0 Å². The van der Waals surface area contributed by atoms with E-state index in [1.807, 2.05) is 24.4 Å². The third-order valence-electron chi connectivity index (χ3n) is 2.71. The van der Waals surface area contributed by atoms with Crippen molar-refractivity contribution in [3.63, 3.8) is 0 Å². The van der Waals surface area contributed by atoms with Crippen molar-refractivity contribution in [3.05, 3.63) is 42.1 Å². The first-order valence-electron chi connectivity index (χ1n) is 5.09. The summed E-state index contributed by atoms with van der Waals surface area (Å²) >= 11 is 0. The molecule has 0 saturated carbocycles. The van der Waals surface area contributed by atoms with E-state index < -0.39 is 0 Å². The van der Waals surface area contributed by atoms with Crippen LogP contribution >= 0.6 is 0 Å². The summed E-state index contributed by atoms with van der Waals surface area (Å²) in [5.74, 6) is 0.941. The van der Waals surface area contributed by atoms with E-state index in [0.29, 0.717) is 0 Å². The second-order valence-electron chi connectivity index (χ2n) is 3.63. The molecule has 15 heavy (non-hydrogen) atoms. The monoisotopic (exact) mass is 197 g/mol. The van der Waals surface area contributed by atoms with Crippen LogP contribution in [0.15, 0.2) is 36.5 Å². The lowest BCUT2D eigenvalue weighted by atomic mass is 10.0. The summed E-state index contributed by atoms with van der Waals surface area (Å²) in [6.07, 6.45) is 2.89. The Labute approximate surface area is 88.2 Å². The molecule has 2 aromatic rings. The highest BCUT2D eigenvalue weighted by Gasteiger charge is 2.16. The molecule has 0 aliphatic carbocycles. The molecule has 0 fully saturated rings. The van der Waals surface area contributed by atoms with Gasteiger partial charge in [0.1, 0.15) is 0 Å². The van der Waals surface area contributed by atoms with Gasteiger partial charge >= 0.3 is 0 Å². The van der Waals surface area contributed by atoms with Crippen molar-refractivity contribution in [1.29, 1.82) is 0 Å². The molecule has 1 N–H and O–H groups in total. The van der Waals surface area contributed by atoms with Gasteiger partial charge in [-0.2, -0.15) is 5.10 Å². The zero-order valence-electron chi connectivity index (χ0n) is 8.27. The summed E-state index contributed by atoms with van der Waals surface area (Å²) in [5.41, 5.74) is 3.70. The summed E-state index contributed by atoms with van der Waals surface area (Å²) in [6, 6.07) is 10.3. The Hall–Kier alpha value is -1.90. The molecule has 3 rings (SSSR count). The minimum absolute atomic E-state index is 0.941. The number of hydrogen-bond acceptors (Lipinski definition) is 3. The number of nitrogens with zero attached hydrogens (tertiary/aromatic N) is 2. The lowest BCUT2D eigenvalue weighted by Crippen LogP contribution is -1.94. The summed E-state index contributed by atoms with van der Waals surface area (Å²) in [7, 11) is 0. The van der Waals surface area contributed by atoms with Gasteiger partial charge in [-0.1, -0.05) is 30.3 Å². The van der Waals surface area contributed by atoms with E-state index in [4.69, 9.17) is 0 Å². The molecule has 0 bridgehead atoms. The molecule has 0 unspecified atom stereocenters. The lowest BCUT2D eigenvalue weighted by molar-refractivity contribution is 1.03. The molecule has 3 heteroatoms. The maximum Gasteiger partial charge on any atom is 0.152 e. The van der Waals surface area contributed by atoms with Gasteiger partial charge in [0.25, 0.3) is 0 Å². The Morgan fingerprint density at radius 2 is 2.00 bits per heavy atom. The second-order valence-corrected chi connectivity index (χ2v) is 3.63. The zero-order valence-corrected chi connectivity index (χ0v) is 8.27. The minimum Gasteiger partial charge on any atom is -0.368 e. The van der Waals surface area contributed by atoms with Crippen molar-refractivity contribution in [2.45, 2.75) is 6.42 Å². The largest absolute Gasteiger partial charge is 0.368 e. The molecule has 1 aliphatic rings. The Morgan fingerprint density at radius 3 is 2.87 bits per heavy atom. The van der Waals surface area contributed by atoms with Crippen LogP contribution in [0.1, 0.15) is 5.56 Å². The topological polar surface area (TPSA) is 37.8 Å². The van der Waals surface area contributed by atoms with Gasteiger partial charge in [0, 0.05) is 17.7 Å². The van der Waals surface area contributed by atoms with Crippen LogP contribution in [0.4, 0.5) is 5.82 Å². The molecule has 1 aromatic heterocycles. The summed E-state index contributed by atoms with van der Waals surface area (Å²) in [5, 5.41) is 11.3.